The van der Waals surface area contributed by atoms with Gasteiger partial charge in [-0.2, -0.15) is 0 Å². The Hall–Kier alpha value is -0.720. The Balaban J connectivity index is 2.26. The highest BCUT2D eigenvalue weighted by Gasteiger charge is 1.86. The van der Waals surface area contributed by atoms with E-state index in [1.54, 1.807) is 0 Å². The van der Waals surface area contributed by atoms with E-state index in [1.165, 1.54) is 25.7 Å². The van der Waals surface area contributed by atoms with Crippen LogP contribution in [0.5, 0.6) is 0 Å². The Morgan fingerprint density at radius 1 is 1.00 bits per heavy atom. The van der Waals surface area contributed by atoms with Crippen LogP contribution in [-0.2, 0) is 0 Å². The summed E-state index contributed by atoms with van der Waals surface area (Å²) in [6, 6.07) is 0. The Bertz CT molecular complexity index is 109. The van der Waals surface area contributed by atoms with Gasteiger partial charge < -0.3 is 5.32 Å². The van der Waals surface area contributed by atoms with Crippen LogP contribution in [0.1, 0.15) is 25.7 Å². The first-order valence-corrected chi connectivity index (χ1v) is 4.05. The third-order valence-corrected chi connectivity index (χ3v) is 1.65. The minimum atomic E-state index is 1.13. The molecule has 10 heavy (non-hydrogen) atoms. The van der Waals surface area contributed by atoms with Crippen molar-refractivity contribution in [2.24, 2.45) is 0 Å². The van der Waals surface area contributed by atoms with Crippen LogP contribution in [0.3, 0.4) is 0 Å². The number of rotatable bonds is 0. The fraction of sp³-hybridized carbons (Fsp3) is 0.556. The van der Waals surface area contributed by atoms with Crippen LogP contribution in [-0.4, -0.2) is 6.54 Å². The summed E-state index contributed by atoms with van der Waals surface area (Å²) >= 11 is 0. The molecule has 0 saturated carbocycles. The summed E-state index contributed by atoms with van der Waals surface area (Å²) in [6.07, 6.45) is 13.6. The fourth-order valence-electron chi connectivity index (χ4n) is 1.05. The molecule has 1 rings (SSSR count). The van der Waals surface area contributed by atoms with Crippen LogP contribution < -0.4 is 5.32 Å². The lowest BCUT2D eigenvalue weighted by Gasteiger charge is -2.00. The zero-order chi connectivity index (χ0) is 7.07. The summed E-state index contributed by atoms with van der Waals surface area (Å²) in [4.78, 5) is 0. The molecule has 0 aliphatic carbocycles. The minimum Gasteiger partial charge on any atom is -0.391 e. The number of nitrogens with one attached hydrogen (secondary N) is 1. The lowest BCUT2D eigenvalue weighted by molar-refractivity contribution is 0.659. The second-order valence-electron chi connectivity index (χ2n) is 2.59. The van der Waals surface area contributed by atoms with Gasteiger partial charge in [-0.1, -0.05) is 18.6 Å². The van der Waals surface area contributed by atoms with E-state index in [1.807, 2.05) is 6.20 Å². The molecule has 0 radical (unpaired) electrons. The Morgan fingerprint density at radius 2 is 2.00 bits per heavy atom. The third kappa shape index (κ3) is 3.33. The van der Waals surface area contributed by atoms with Crippen molar-refractivity contribution in [3.8, 4) is 0 Å². The van der Waals surface area contributed by atoms with Crippen LogP contribution >= 0.6 is 0 Å². The molecule has 1 heterocycles. The SMILES string of the molecule is C1=C\CCCCCN\C=C/1. The normalized spacial score (nSPS) is 26.4. The van der Waals surface area contributed by atoms with Crippen LogP contribution in [0.25, 0.3) is 0 Å². The van der Waals surface area contributed by atoms with Gasteiger partial charge >= 0.3 is 0 Å². The van der Waals surface area contributed by atoms with E-state index in [2.05, 4.69) is 23.5 Å². The van der Waals surface area contributed by atoms with Gasteiger partial charge in [0.1, 0.15) is 0 Å². The lowest BCUT2D eigenvalue weighted by atomic mass is 10.2. The maximum Gasteiger partial charge on any atom is 0.0141 e. The molecule has 0 bridgehead atoms. The van der Waals surface area contributed by atoms with Gasteiger partial charge in [0.15, 0.2) is 0 Å². The van der Waals surface area contributed by atoms with E-state index < -0.39 is 0 Å². The molecule has 1 N–H and O–H groups in total. The second-order valence-corrected chi connectivity index (χ2v) is 2.59. The highest BCUT2D eigenvalue weighted by Crippen LogP contribution is 2.00. The molecule has 1 aliphatic heterocycles. The Labute approximate surface area is 62.8 Å². The molecule has 1 aliphatic rings. The molecule has 0 saturated heterocycles. The maximum absolute atomic E-state index is 3.22. The van der Waals surface area contributed by atoms with Gasteiger partial charge in [0.05, 0.1) is 0 Å². The van der Waals surface area contributed by atoms with E-state index >= 15 is 0 Å². The van der Waals surface area contributed by atoms with Crippen LogP contribution in [0.2, 0.25) is 0 Å². The first kappa shape index (κ1) is 7.39. The highest BCUT2D eigenvalue weighted by atomic mass is 14.8. The van der Waals surface area contributed by atoms with Crippen LogP contribution in [0.15, 0.2) is 24.4 Å². The minimum absolute atomic E-state index is 1.13. The molecule has 1 nitrogen and oxygen atoms in total. The van der Waals surface area contributed by atoms with E-state index in [-0.39, 0.29) is 0 Å². The molecule has 0 amide bonds. The molecule has 0 atom stereocenters. The number of allylic oxidation sites excluding steroid dienone is 3. The summed E-state index contributed by atoms with van der Waals surface area (Å²) in [5.41, 5.74) is 0. The third-order valence-electron chi connectivity index (χ3n) is 1.65. The van der Waals surface area contributed by atoms with Gasteiger partial charge in [0, 0.05) is 6.54 Å². The predicted molar refractivity (Wildman–Crippen MR) is 44.8 cm³/mol. The highest BCUT2D eigenvalue weighted by molar-refractivity contribution is 5.01. The van der Waals surface area contributed by atoms with Gasteiger partial charge in [-0.15, -0.1) is 0 Å². The molecular weight excluding hydrogens is 122 g/mol. The summed E-state index contributed by atoms with van der Waals surface area (Å²) in [6.45, 7) is 1.13. The monoisotopic (exact) mass is 137 g/mol. The summed E-state index contributed by atoms with van der Waals surface area (Å²) < 4.78 is 0. The zero-order valence-corrected chi connectivity index (χ0v) is 6.34. The predicted octanol–water partition coefficient (Wildman–Crippen LogP) is 2.22. The van der Waals surface area contributed by atoms with Gasteiger partial charge in [0.2, 0.25) is 0 Å². The van der Waals surface area contributed by atoms with Gasteiger partial charge in [-0.05, 0) is 31.5 Å². The van der Waals surface area contributed by atoms with Gasteiger partial charge in [-0.25, -0.2) is 0 Å². The van der Waals surface area contributed by atoms with Crippen LogP contribution in [0.4, 0.5) is 0 Å². The fourth-order valence-corrected chi connectivity index (χ4v) is 1.05. The van der Waals surface area contributed by atoms with Crippen molar-refractivity contribution < 1.29 is 0 Å². The first-order chi connectivity index (χ1) is 5.00. The average Bonchev–Trinajstić information content (AvgIpc) is 2.01. The van der Waals surface area contributed by atoms with Gasteiger partial charge in [-0.3, -0.25) is 0 Å². The topological polar surface area (TPSA) is 12.0 Å². The molecule has 0 aromatic carbocycles. The lowest BCUT2D eigenvalue weighted by Crippen LogP contribution is -2.06. The van der Waals surface area contributed by atoms with E-state index in [9.17, 15) is 0 Å². The van der Waals surface area contributed by atoms with Crippen molar-refractivity contribution in [1.29, 1.82) is 0 Å². The first-order valence-electron chi connectivity index (χ1n) is 4.05. The molecular formula is C9H15N. The molecule has 0 aromatic rings. The molecule has 0 unspecified atom stereocenters. The van der Waals surface area contributed by atoms with Crippen molar-refractivity contribution in [2.45, 2.75) is 25.7 Å². The zero-order valence-electron chi connectivity index (χ0n) is 6.34. The molecule has 0 aromatic heterocycles. The Morgan fingerprint density at radius 3 is 3.00 bits per heavy atom. The van der Waals surface area contributed by atoms with Crippen molar-refractivity contribution >= 4 is 0 Å². The van der Waals surface area contributed by atoms with E-state index in [4.69, 9.17) is 0 Å². The quantitative estimate of drug-likeness (QED) is 0.540. The van der Waals surface area contributed by atoms with E-state index in [0.717, 1.165) is 6.54 Å². The largest absolute Gasteiger partial charge is 0.391 e. The van der Waals surface area contributed by atoms with E-state index in [0.29, 0.717) is 0 Å². The molecule has 56 valence electrons. The van der Waals surface area contributed by atoms with Crippen molar-refractivity contribution in [2.75, 3.05) is 6.54 Å². The maximum atomic E-state index is 3.22. The summed E-state index contributed by atoms with van der Waals surface area (Å²) in [7, 11) is 0. The Kier molecular flexibility index (Phi) is 3.76. The van der Waals surface area contributed by atoms with Crippen molar-refractivity contribution in [3.05, 3.63) is 24.4 Å². The average molecular weight is 137 g/mol. The molecule has 0 spiro atoms. The van der Waals surface area contributed by atoms with Crippen LogP contribution in [0, 0.1) is 0 Å². The molecule has 1 heteroatoms. The summed E-state index contributed by atoms with van der Waals surface area (Å²) in [5.74, 6) is 0. The second kappa shape index (κ2) is 5.10. The summed E-state index contributed by atoms with van der Waals surface area (Å²) in [5, 5.41) is 3.22. The number of hydrogen-bond acceptors (Lipinski definition) is 1. The van der Waals surface area contributed by atoms with Crippen molar-refractivity contribution in [1.82, 2.24) is 5.32 Å². The smallest absolute Gasteiger partial charge is 0.0141 e. The van der Waals surface area contributed by atoms with Crippen molar-refractivity contribution in [3.63, 3.8) is 0 Å². The van der Waals surface area contributed by atoms with Gasteiger partial charge in [0.25, 0.3) is 0 Å². The number of hydrogen-bond donors (Lipinski definition) is 1. The standard InChI is InChI=1S/C9H15N/c1-2-4-6-8-10-9-7-5-3-1/h2,4,6,8,10H,1,3,5,7,9H2/b4-2-,8-6-. The molecule has 0 fully saturated rings.